The maximum atomic E-state index is 6.05. The van der Waals surface area contributed by atoms with Gasteiger partial charge in [-0.25, -0.2) is 0 Å². The van der Waals surface area contributed by atoms with Crippen LogP contribution >= 0.6 is 0 Å². The summed E-state index contributed by atoms with van der Waals surface area (Å²) in [6.07, 6.45) is 9.42. The van der Waals surface area contributed by atoms with Gasteiger partial charge in [-0.3, -0.25) is 15.0 Å². The fraction of sp³-hybridized carbons (Fsp3) is 0.224. The zero-order valence-electron chi connectivity index (χ0n) is 37.2. The first-order valence-corrected chi connectivity index (χ1v) is 21.8. The first-order chi connectivity index (χ1) is 29.9. The molecule has 62 heavy (non-hydrogen) atoms. The van der Waals surface area contributed by atoms with E-state index in [1.807, 2.05) is 36.8 Å². The van der Waals surface area contributed by atoms with E-state index in [1.165, 1.54) is 44.5 Å². The molecule has 0 unspecified atom stereocenters. The molecule has 0 radical (unpaired) electrons. The standard InChI is InChI=1S/C58H57N3O/c1-57(2,3)48-29-32-60-54(38-48)44-23-19-40(20-24-44)15-17-42-34-43(18-16-41-21-25-45(26-22-41)55-39-49(30-33-61-55)58(4,5)6)36-47(35-42)50-12-8-9-13-51(50)52-28-27-46(37-56(52)62-7)53-14-10-11-31-59-53/h8-14,19-39H,15-18H2,1-7H3. The Labute approximate surface area is 368 Å². The Morgan fingerprint density at radius 2 is 0.855 bits per heavy atom. The van der Waals surface area contributed by atoms with Crippen LogP contribution in [0.2, 0.25) is 0 Å². The lowest BCUT2D eigenvalue weighted by atomic mass is 9.87. The summed E-state index contributed by atoms with van der Waals surface area (Å²) in [7, 11) is 1.75. The normalized spacial score (nSPS) is 11.7. The van der Waals surface area contributed by atoms with Gasteiger partial charge in [0.15, 0.2) is 0 Å². The quantitative estimate of drug-likeness (QED) is 0.123. The molecule has 0 spiro atoms. The van der Waals surface area contributed by atoms with Crippen molar-refractivity contribution >= 4 is 0 Å². The number of ether oxygens (including phenoxy) is 1. The monoisotopic (exact) mass is 811 g/mol. The van der Waals surface area contributed by atoms with Crippen LogP contribution in [0.5, 0.6) is 5.75 Å². The van der Waals surface area contributed by atoms with E-state index < -0.39 is 0 Å². The molecular formula is C58H57N3O. The molecule has 0 aliphatic heterocycles. The average Bonchev–Trinajstić information content (AvgIpc) is 3.30. The molecule has 8 rings (SSSR count). The van der Waals surface area contributed by atoms with E-state index in [0.29, 0.717) is 0 Å². The van der Waals surface area contributed by atoms with E-state index >= 15 is 0 Å². The van der Waals surface area contributed by atoms with E-state index in [1.54, 1.807) is 7.11 Å². The molecule has 0 saturated heterocycles. The molecule has 0 bridgehead atoms. The number of aryl methyl sites for hydroxylation is 4. The van der Waals surface area contributed by atoms with Crippen molar-refractivity contribution in [1.29, 1.82) is 0 Å². The summed E-state index contributed by atoms with van der Waals surface area (Å²) in [6.45, 7) is 13.5. The number of benzene rings is 5. The number of aromatic nitrogens is 3. The molecule has 0 aliphatic rings. The average molecular weight is 812 g/mol. The minimum Gasteiger partial charge on any atom is -0.496 e. The summed E-state index contributed by atoms with van der Waals surface area (Å²) >= 11 is 0. The van der Waals surface area contributed by atoms with Crippen LogP contribution in [0.1, 0.15) is 74.9 Å². The largest absolute Gasteiger partial charge is 0.496 e. The van der Waals surface area contributed by atoms with Crippen molar-refractivity contribution in [2.24, 2.45) is 0 Å². The second-order valence-corrected chi connectivity index (χ2v) is 18.5. The van der Waals surface area contributed by atoms with Crippen molar-refractivity contribution in [3.05, 3.63) is 204 Å². The van der Waals surface area contributed by atoms with Crippen LogP contribution in [0, 0.1) is 0 Å². The first kappa shape index (κ1) is 42.1. The molecule has 0 amide bonds. The van der Waals surface area contributed by atoms with Crippen molar-refractivity contribution in [1.82, 2.24) is 15.0 Å². The predicted molar refractivity (Wildman–Crippen MR) is 259 cm³/mol. The minimum atomic E-state index is 0.0732. The van der Waals surface area contributed by atoms with Gasteiger partial charge < -0.3 is 4.74 Å². The van der Waals surface area contributed by atoms with Crippen LogP contribution in [0.25, 0.3) is 56.0 Å². The van der Waals surface area contributed by atoms with Gasteiger partial charge in [-0.2, -0.15) is 0 Å². The molecule has 0 fully saturated rings. The Morgan fingerprint density at radius 3 is 1.35 bits per heavy atom. The Morgan fingerprint density at radius 1 is 0.371 bits per heavy atom. The number of methoxy groups -OCH3 is 1. The molecule has 4 heteroatoms. The number of pyridine rings is 3. The van der Waals surface area contributed by atoms with E-state index in [9.17, 15) is 0 Å². The number of hydrogen-bond acceptors (Lipinski definition) is 4. The first-order valence-electron chi connectivity index (χ1n) is 21.8. The van der Waals surface area contributed by atoms with Crippen molar-refractivity contribution in [2.75, 3.05) is 7.11 Å². The van der Waals surface area contributed by atoms with Gasteiger partial charge in [0, 0.05) is 40.8 Å². The topological polar surface area (TPSA) is 47.9 Å². The van der Waals surface area contributed by atoms with Gasteiger partial charge in [-0.15, -0.1) is 0 Å². The molecule has 4 nitrogen and oxygen atoms in total. The summed E-state index contributed by atoms with van der Waals surface area (Å²) in [4.78, 5) is 14.0. The third kappa shape index (κ3) is 9.93. The van der Waals surface area contributed by atoms with Crippen LogP contribution in [-0.2, 0) is 36.5 Å². The zero-order valence-corrected chi connectivity index (χ0v) is 37.2. The molecular weight excluding hydrogens is 755 g/mol. The summed E-state index contributed by atoms with van der Waals surface area (Å²) in [5, 5.41) is 0. The Balaban J connectivity index is 1.09. The molecule has 5 aromatic carbocycles. The fourth-order valence-corrected chi connectivity index (χ4v) is 8.15. The van der Waals surface area contributed by atoms with Gasteiger partial charge in [0.25, 0.3) is 0 Å². The Bertz CT molecular complexity index is 2650. The second-order valence-electron chi connectivity index (χ2n) is 18.5. The van der Waals surface area contributed by atoms with Gasteiger partial charge in [0.1, 0.15) is 5.75 Å². The second kappa shape index (κ2) is 18.1. The smallest absolute Gasteiger partial charge is 0.127 e. The van der Waals surface area contributed by atoms with Gasteiger partial charge in [0.05, 0.1) is 24.2 Å². The molecule has 0 aliphatic carbocycles. The van der Waals surface area contributed by atoms with Crippen LogP contribution in [0.3, 0.4) is 0 Å². The highest BCUT2D eigenvalue weighted by molar-refractivity contribution is 5.87. The third-order valence-electron chi connectivity index (χ3n) is 11.9. The van der Waals surface area contributed by atoms with E-state index in [4.69, 9.17) is 14.7 Å². The molecule has 3 heterocycles. The lowest BCUT2D eigenvalue weighted by Gasteiger charge is -2.19. The Hall–Kier alpha value is -6.65. The number of nitrogens with zero attached hydrogens (tertiary/aromatic N) is 3. The highest BCUT2D eigenvalue weighted by atomic mass is 16.5. The SMILES string of the molecule is COc1cc(-c2ccccn2)ccc1-c1ccccc1-c1cc(CCc2ccc(-c3cc(C(C)(C)C)ccn3)cc2)cc(CCc2ccc(-c3cc(C(C)(C)C)ccn3)cc2)c1. The summed E-state index contributed by atoms with van der Waals surface area (Å²) in [6, 6.07) is 54.9. The third-order valence-corrected chi connectivity index (χ3v) is 11.9. The van der Waals surface area contributed by atoms with E-state index in [-0.39, 0.29) is 10.8 Å². The molecule has 0 N–H and O–H groups in total. The van der Waals surface area contributed by atoms with Crippen LogP contribution in [0.4, 0.5) is 0 Å². The van der Waals surface area contributed by atoms with Crippen molar-refractivity contribution in [3.8, 4) is 61.8 Å². The number of rotatable bonds is 12. The van der Waals surface area contributed by atoms with Gasteiger partial charge in [-0.05, 0) is 135 Å². The van der Waals surface area contributed by atoms with E-state index in [2.05, 4.69) is 180 Å². The molecule has 0 atom stereocenters. The summed E-state index contributed by atoms with van der Waals surface area (Å²) in [5.41, 5.74) is 18.9. The van der Waals surface area contributed by atoms with Gasteiger partial charge in [0.2, 0.25) is 0 Å². The minimum absolute atomic E-state index is 0.0732. The lowest BCUT2D eigenvalue weighted by Crippen LogP contribution is -2.11. The summed E-state index contributed by atoms with van der Waals surface area (Å²) in [5.74, 6) is 0.824. The van der Waals surface area contributed by atoms with Crippen LogP contribution in [-0.4, -0.2) is 22.1 Å². The van der Waals surface area contributed by atoms with Crippen LogP contribution in [0.15, 0.2) is 170 Å². The van der Waals surface area contributed by atoms with Gasteiger partial charge >= 0.3 is 0 Å². The lowest BCUT2D eigenvalue weighted by molar-refractivity contribution is 0.416. The zero-order chi connectivity index (χ0) is 43.3. The maximum Gasteiger partial charge on any atom is 0.127 e. The van der Waals surface area contributed by atoms with Gasteiger partial charge in [-0.1, -0.05) is 145 Å². The van der Waals surface area contributed by atoms with Crippen molar-refractivity contribution in [3.63, 3.8) is 0 Å². The molecule has 310 valence electrons. The van der Waals surface area contributed by atoms with Crippen molar-refractivity contribution in [2.45, 2.75) is 78.1 Å². The fourth-order valence-electron chi connectivity index (χ4n) is 8.15. The predicted octanol–water partition coefficient (Wildman–Crippen LogP) is 14.4. The molecule has 3 aromatic heterocycles. The van der Waals surface area contributed by atoms with Crippen LogP contribution < -0.4 is 4.74 Å². The highest BCUT2D eigenvalue weighted by Gasteiger charge is 2.18. The molecule has 0 saturated carbocycles. The van der Waals surface area contributed by atoms with E-state index in [0.717, 1.165) is 76.3 Å². The highest BCUT2D eigenvalue weighted by Crippen LogP contribution is 2.40. The maximum absolute atomic E-state index is 6.05. The van der Waals surface area contributed by atoms with Crippen molar-refractivity contribution < 1.29 is 4.74 Å². The number of hydrogen-bond donors (Lipinski definition) is 0. The molecule has 8 aromatic rings. The Kier molecular flexibility index (Phi) is 12.3. The summed E-state index contributed by atoms with van der Waals surface area (Å²) < 4.78 is 6.05.